The highest BCUT2D eigenvalue weighted by atomic mass is 19.4. The zero-order valence-electron chi connectivity index (χ0n) is 8.34. The van der Waals surface area contributed by atoms with E-state index in [-0.39, 0.29) is 5.56 Å². The van der Waals surface area contributed by atoms with Gasteiger partial charge in [-0.25, -0.2) is 0 Å². The molecular formula is C11H12F3O. The van der Waals surface area contributed by atoms with Crippen LogP contribution in [0.15, 0.2) is 24.3 Å². The van der Waals surface area contributed by atoms with E-state index in [0.717, 1.165) is 0 Å². The third-order valence-electron chi connectivity index (χ3n) is 1.99. The molecule has 0 aromatic heterocycles. The Kier molecular flexibility index (Phi) is 3.61. The van der Waals surface area contributed by atoms with Gasteiger partial charge in [-0.15, -0.1) is 0 Å². The molecule has 1 rings (SSSR count). The molecule has 1 aromatic carbocycles. The third kappa shape index (κ3) is 3.15. The zero-order chi connectivity index (χ0) is 11.5. The van der Waals surface area contributed by atoms with Crippen molar-refractivity contribution >= 4 is 0 Å². The van der Waals surface area contributed by atoms with E-state index in [2.05, 4.69) is 6.92 Å². The van der Waals surface area contributed by atoms with Gasteiger partial charge < -0.3 is 4.74 Å². The molecule has 0 saturated carbocycles. The van der Waals surface area contributed by atoms with Crippen LogP contribution < -0.4 is 4.74 Å². The van der Waals surface area contributed by atoms with Crippen molar-refractivity contribution in [1.82, 2.24) is 0 Å². The van der Waals surface area contributed by atoms with Crippen LogP contribution in [-0.2, 0) is 0 Å². The van der Waals surface area contributed by atoms with Crippen LogP contribution >= 0.6 is 0 Å². The van der Waals surface area contributed by atoms with Crippen LogP contribution in [0.25, 0.3) is 0 Å². The molecule has 1 aromatic rings. The van der Waals surface area contributed by atoms with Crippen molar-refractivity contribution in [2.45, 2.75) is 19.0 Å². The predicted octanol–water partition coefficient (Wildman–Crippen LogP) is 3.57. The molecule has 0 aliphatic heterocycles. The van der Waals surface area contributed by atoms with Crippen molar-refractivity contribution in [2.24, 2.45) is 0 Å². The summed E-state index contributed by atoms with van der Waals surface area (Å²) >= 11 is 0. The average Bonchev–Trinajstić information content (AvgIpc) is 2.17. The molecule has 1 atom stereocenters. The van der Waals surface area contributed by atoms with E-state index in [1.807, 2.05) is 6.92 Å². The van der Waals surface area contributed by atoms with E-state index >= 15 is 0 Å². The van der Waals surface area contributed by atoms with Crippen molar-refractivity contribution in [3.63, 3.8) is 0 Å². The molecule has 83 valence electrons. The third-order valence-corrected chi connectivity index (χ3v) is 1.99. The fourth-order valence-corrected chi connectivity index (χ4v) is 1.15. The molecule has 4 heteroatoms. The summed E-state index contributed by atoms with van der Waals surface area (Å²) in [5.41, 5.74) is 0.144. The molecule has 0 bridgehead atoms. The normalized spacial score (nSPS) is 13.7. The smallest absolute Gasteiger partial charge is 0.395 e. The van der Waals surface area contributed by atoms with Crippen molar-refractivity contribution < 1.29 is 17.9 Å². The first-order valence-corrected chi connectivity index (χ1v) is 4.57. The highest BCUT2D eigenvalue weighted by molar-refractivity contribution is 5.30. The van der Waals surface area contributed by atoms with Gasteiger partial charge in [0.05, 0.1) is 12.5 Å². The van der Waals surface area contributed by atoms with Gasteiger partial charge in [-0.1, -0.05) is 12.1 Å². The minimum atomic E-state index is -4.30. The number of hydrogen-bond acceptors (Lipinski definition) is 1. The van der Waals surface area contributed by atoms with Crippen molar-refractivity contribution in [3.05, 3.63) is 36.8 Å². The summed E-state index contributed by atoms with van der Waals surface area (Å²) in [5.74, 6) is -1.12. The maximum absolute atomic E-state index is 12.3. The number of rotatable bonds is 3. The molecule has 0 N–H and O–H groups in total. The lowest BCUT2D eigenvalue weighted by Gasteiger charge is -2.15. The van der Waals surface area contributed by atoms with Crippen LogP contribution in [0.3, 0.4) is 0 Å². The Bertz CT molecular complexity index is 303. The summed E-state index contributed by atoms with van der Waals surface area (Å²) in [7, 11) is 0. The maximum Gasteiger partial charge on any atom is 0.395 e. The van der Waals surface area contributed by atoms with Crippen LogP contribution in [0.1, 0.15) is 18.4 Å². The second-order valence-corrected chi connectivity index (χ2v) is 3.10. The summed E-state index contributed by atoms with van der Waals surface area (Å²) in [6.07, 6.45) is -4.30. The van der Waals surface area contributed by atoms with E-state index in [0.29, 0.717) is 12.4 Å². The maximum atomic E-state index is 12.3. The van der Waals surface area contributed by atoms with E-state index in [1.54, 1.807) is 0 Å². The van der Waals surface area contributed by atoms with Crippen LogP contribution in [0.4, 0.5) is 13.2 Å². The molecule has 0 saturated heterocycles. The number of hydrogen-bond donors (Lipinski definition) is 0. The van der Waals surface area contributed by atoms with E-state index in [9.17, 15) is 13.2 Å². The Morgan fingerprint density at radius 3 is 2.20 bits per heavy atom. The van der Waals surface area contributed by atoms with Gasteiger partial charge in [0.25, 0.3) is 0 Å². The highest BCUT2D eigenvalue weighted by Crippen LogP contribution is 2.34. The van der Waals surface area contributed by atoms with Gasteiger partial charge in [0.15, 0.2) is 0 Å². The summed E-state index contributed by atoms with van der Waals surface area (Å²) in [4.78, 5) is 0. The van der Waals surface area contributed by atoms with Gasteiger partial charge in [0.2, 0.25) is 0 Å². The average molecular weight is 217 g/mol. The lowest BCUT2D eigenvalue weighted by Crippen LogP contribution is -2.17. The first-order valence-electron chi connectivity index (χ1n) is 4.57. The van der Waals surface area contributed by atoms with Gasteiger partial charge in [-0.2, -0.15) is 13.2 Å². The van der Waals surface area contributed by atoms with Gasteiger partial charge in [0, 0.05) is 0 Å². The van der Waals surface area contributed by atoms with Gasteiger partial charge in [-0.05, 0) is 31.5 Å². The van der Waals surface area contributed by atoms with Gasteiger partial charge >= 0.3 is 6.18 Å². The second kappa shape index (κ2) is 4.55. The first-order chi connectivity index (χ1) is 6.95. The van der Waals surface area contributed by atoms with Crippen molar-refractivity contribution in [3.8, 4) is 5.75 Å². The van der Waals surface area contributed by atoms with E-state index in [1.165, 1.54) is 24.3 Å². The molecule has 0 spiro atoms. The topological polar surface area (TPSA) is 9.23 Å². The first kappa shape index (κ1) is 11.9. The fourth-order valence-electron chi connectivity index (χ4n) is 1.15. The number of benzene rings is 1. The Morgan fingerprint density at radius 1 is 1.27 bits per heavy atom. The lowest BCUT2D eigenvalue weighted by molar-refractivity contribution is -0.140. The Morgan fingerprint density at radius 2 is 1.80 bits per heavy atom. The van der Waals surface area contributed by atoms with E-state index < -0.39 is 12.1 Å². The molecular weight excluding hydrogens is 205 g/mol. The van der Waals surface area contributed by atoms with Crippen LogP contribution in [0, 0.1) is 6.92 Å². The molecule has 0 amide bonds. The highest BCUT2D eigenvalue weighted by Gasteiger charge is 2.36. The summed E-state index contributed by atoms with van der Waals surface area (Å²) in [5, 5.41) is 0. The minimum Gasteiger partial charge on any atom is -0.494 e. The summed E-state index contributed by atoms with van der Waals surface area (Å²) in [6, 6.07) is 5.80. The van der Waals surface area contributed by atoms with Crippen LogP contribution in [-0.4, -0.2) is 12.8 Å². The number of alkyl halides is 3. The molecule has 0 fully saturated rings. The molecule has 0 aliphatic carbocycles. The lowest BCUT2D eigenvalue weighted by atomic mass is 10.0. The van der Waals surface area contributed by atoms with Crippen molar-refractivity contribution in [2.75, 3.05) is 6.61 Å². The standard InChI is InChI=1S/C11H12F3O/c1-3-15-10-6-4-9(5-7-10)8(2)11(12,13)14/h4-8H,2-3H2,1H3. The molecule has 1 nitrogen and oxygen atoms in total. The second-order valence-electron chi connectivity index (χ2n) is 3.10. The molecule has 0 aliphatic rings. The fraction of sp³-hybridized carbons (Fsp3) is 0.364. The van der Waals surface area contributed by atoms with Gasteiger partial charge in [-0.3, -0.25) is 0 Å². The SMILES string of the molecule is [CH2]C(c1ccc(OCC)cc1)C(F)(F)F. The number of halogens is 3. The zero-order valence-corrected chi connectivity index (χ0v) is 8.34. The molecule has 15 heavy (non-hydrogen) atoms. The van der Waals surface area contributed by atoms with Crippen LogP contribution in [0.2, 0.25) is 0 Å². The molecule has 1 radical (unpaired) electrons. The van der Waals surface area contributed by atoms with Gasteiger partial charge in [0.1, 0.15) is 5.75 Å². The van der Waals surface area contributed by atoms with Crippen LogP contribution in [0.5, 0.6) is 5.75 Å². The van der Waals surface area contributed by atoms with Crippen molar-refractivity contribution in [1.29, 1.82) is 0 Å². The van der Waals surface area contributed by atoms with E-state index in [4.69, 9.17) is 4.74 Å². The predicted molar refractivity (Wildman–Crippen MR) is 51.8 cm³/mol. The molecule has 0 heterocycles. The summed E-state index contributed by atoms with van der Waals surface area (Å²) < 4.78 is 42.0. The largest absolute Gasteiger partial charge is 0.494 e. The monoisotopic (exact) mass is 217 g/mol. The minimum absolute atomic E-state index is 0.144. The summed E-state index contributed by atoms with van der Waals surface area (Å²) in [6.45, 7) is 5.40. The molecule has 1 unspecified atom stereocenters. The number of ether oxygens (including phenoxy) is 1. The Labute approximate surface area is 86.9 Å². The Hall–Kier alpha value is -1.19. The Balaban J connectivity index is 2.80. The quantitative estimate of drug-likeness (QED) is 0.752.